The Kier molecular flexibility index (Phi) is 4.23. The minimum absolute atomic E-state index is 0.133. The van der Waals surface area contributed by atoms with Crippen LogP contribution in [-0.2, 0) is 0 Å². The van der Waals surface area contributed by atoms with Gasteiger partial charge in [-0.2, -0.15) is 0 Å². The molecule has 1 aliphatic rings. The highest BCUT2D eigenvalue weighted by Crippen LogP contribution is 2.34. The minimum Gasteiger partial charge on any atom is -0.496 e. The van der Waals surface area contributed by atoms with Crippen molar-refractivity contribution in [3.05, 3.63) is 29.1 Å². The molecular weight excluding hydrogens is 229 g/mol. The zero-order valence-electron chi connectivity index (χ0n) is 11.4. The molecule has 3 heteroatoms. The molecule has 0 saturated carbocycles. The highest BCUT2D eigenvalue weighted by atomic mass is 19.1. The van der Waals surface area contributed by atoms with Gasteiger partial charge in [0.15, 0.2) is 0 Å². The highest BCUT2D eigenvalue weighted by molar-refractivity contribution is 5.41. The SMILES string of the molecule is COc1cc(C2CCCCN2)cc(F)c1C(C)C. The summed E-state index contributed by atoms with van der Waals surface area (Å²) in [7, 11) is 1.61. The summed E-state index contributed by atoms with van der Waals surface area (Å²) in [6.07, 6.45) is 3.48. The van der Waals surface area contributed by atoms with Gasteiger partial charge in [0.2, 0.25) is 0 Å². The summed E-state index contributed by atoms with van der Waals surface area (Å²) in [4.78, 5) is 0. The van der Waals surface area contributed by atoms with Crippen LogP contribution in [0.4, 0.5) is 4.39 Å². The average Bonchev–Trinajstić information content (AvgIpc) is 2.38. The van der Waals surface area contributed by atoms with Crippen molar-refractivity contribution in [3.8, 4) is 5.75 Å². The number of piperidine rings is 1. The van der Waals surface area contributed by atoms with Gasteiger partial charge in [0, 0.05) is 11.6 Å². The van der Waals surface area contributed by atoms with Gasteiger partial charge >= 0.3 is 0 Å². The molecule has 1 aliphatic heterocycles. The van der Waals surface area contributed by atoms with Crippen molar-refractivity contribution in [1.29, 1.82) is 0 Å². The quantitative estimate of drug-likeness (QED) is 0.883. The second-order valence-electron chi connectivity index (χ2n) is 5.28. The molecule has 0 bridgehead atoms. The summed E-state index contributed by atoms with van der Waals surface area (Å²) >= 11 is 0. The minimum atomic E-state index is -0.147. The lowest BCUT2D eigenvalue weighted by atomic mass is 9.93. The largest absolute Gasteiger partial charge is 0.496 e. The number of hydrogen-bond acceptors (Lipinski definition) is 2. The number of benzene rings is 1. The van der Waals surface area contributed by atoms with E-state index in [-0.39, 0.29) is 17.8 Å². The summed E-state index contributed by atoms with van der Waals surface area (Å²) in [5, 5.41) is 3.44. The van der Waals surface area contributed by atoms with Crippen molar-refractivity contribution >= 4 is 0 Å². The van der Waals surface area contributed by atoms with Crippen LogP contribution in [0.5, 0.6) is 5.75 Å². The van der Waals surface area contributed by atoms with E-state index in [1.165, 1.54) is 12.8 Å². The van der Waals surface area contributed by atoms with Crippen LogP contribution in [0.3, 0.4) is 0 Å². The smallest absolute Gasteiger partial charge is 0.130 e. The lowest BCUT2D eigenvalue weighted by Crippen LogP contribution is -2.27. The second-order valence-corrected chi connectivity index (χ2v) is 5.28. The summed E-state index contributed by atoms with van der Waals surface area (Å²) in [5.41, 5.74) is 1.69. The first kappa shape index (κ1) is 13.3. The van der Waals surface area contributed by atoms with E-state index >= 15 is 0 Å². The molecule has 1 atom stereocenters. The van der Waals surface area contributed by atoms with Gasteiger partial charge in [0.1, 0.15) is 11.6 Å². The first-order valence-electron chi connectivity index (χ1n) is 6.74. The highest BCUT2D eigenvalue weighted by Gasteiger charge is 2.20. The monoisotopic (exact) mass is 251 g/mol. The maximum absolute atomic E-state index is 14.2. The van der Waals surface area contributed by atoms with E-state index in [4.69, 9.17) is 4.74 Å². The third-order valence-corrected chi connectivity index (χ3v) is 3.62. The van der Waals surface area contributed by atoms with Crippen LogP contribution in [0.25, 0.3) is 0 Å². The molecule has 1 fully saturated rings. The lowest BCUT2D eigenvalue weighted by Gasteiger charge is -2.25. The number of methoxy groups -OCH3 is 1. The van der Waals surface area contributed by atoms with Crippen molar-refractivity contribution in [2.24, 2.45) is 0 Å². The van der Waals surface area contributed by atoms with E-state index in [1.54, 1.807) is 13.2 Å². The maximum atomic E-state index is 14.2. The molecule has 2 rings (SSSR count). The molecular formula is C15H22FNO. The fraction of sp³-hybridized carbons (Fsp3) is 0.600. The fourth-order valence-electron chi connectivity index (χ4n) is 2.68. The van der Waals surface area contributed by atoms with E-state index in [2.05, 4.69) is 5.32 Å². The molecule has 18 heavy (non-hydrogen) atoms. The van der Waals surface area contributed by atoms with Crippen molar-refractivity contribution in [3.63, 3.8) is 0 Å². The van der Waals surface area contributed by atoms with Crippen LogP contribution < -0.4 is 10.1 Å². The van der Waals surface area contributed by atoms with Crippen LogP contribution in [0.15, 0.2) is 12.1 Å². The molecule has 1 N–H and O–H groups in total. The first-order valence-corrected chi connectivity index (χ1v) is 6.74. The number of rotatable bonds is 3. The van der Waals surface area contributed by atoms with Crippen LogP contribution in [0, 0.1) is 5.82 Å². The Hall–Kier alpha value is -1.09. The Morgan fingerprint density at radius 1 is 1.33 bits per heavy atom. The molecule has 1 heterocycles. The molecule has 0 aromatic heterocycles. The molecule has 0 amide bonds. The fourth-order valence-corrected chi connectivity index (χ4v) is 2.68. The van der Waals surface area contributed by atoms with Crippen LogP contribution in [0.2, 0.25) is 0 Å². The normalized spacial score (nSPS) is 20.2. The van der Waals surface area contributed by atoms with Gasteiger partial charge < -0.3 is 10.1 Å². The number of hydrogen-bond donors (Lipinski definition) is 1. The molecule has 0 aliphatic carbocycles. The lowest BCUT2D eigenvalue weighted by molar-refractivity contribution is 0.389. The van der Waals surface area contributed by atoms with E-state index in [0.29, 0.717) is 11.3 Å². The average molecular weight is 251 g/mol. The van der Waals surface area contributed by atoms with E-state index in [0.717, 1.165) is 18.5 Å². The van der Waals surface area contributed by atoms with E-state index in [1.807, 2.05) is 19.9 Å². The van der Waals surface area contributed by atoms with Crippen LogP contribution in [0.1, 0.15) is 56.2 Å². The topological polar surface area (TPSA) is 21.3 Å². The van der Waals surface area contributed by atoms with E-state index in [9.17, 15) is 4.39 Å². The first-order chi connectivity index (χ1) is 8.63. The van der Waals surface area contributed by atoms with Gasteiger partial charge in [-0.1, -0.05) is 20.3 Å². The summed E-state index contributed by atoms with van der Waals surface area (Å²) in [6.45, 7) is 4.99. The van der Waals surface area contributed by atoms with Crippen LogP contribution >= 0.6 is 0 Å². The standard InChI is InChI=1S/C15H22FNO/c1-10(2)15-12(16)8-11(9-14(15)18-3)13-6-4-5-7-17-13/h8-10,13,17H,4-7H2,1-3H3. The predicted octanol–water partition coefficient (Wildman–Crippen LogP) is 3.77. The molecule has 2 nitrogen and oxygen atoms in total. The molecule has 100 valence electrons. The number of ether oxygens (including phenoxy) is 1. The zero-order chi connectivity index (χ0) is 13.1. The summed E-state index contributed by atoms with van der Waals surface area (Å²) in [6, 6.07) is 3.92. The molecule has 0 radical (unpaired) electrons. The molecule has 1 saturated heterocycles. The Labute approximate surface area is 109 Å². The molecule has 0 spiro atoms. The van der Waals surface area contributed by atoms with Gasteiger partial charge in [0.05, 0.1) is 7.11 Å². The predicted molar refractivity (Wildman–Crippen MR) is 71.6 cm³/mol. The van der Waals surface area contributed by atoms with Gasteiger partial charge in [-0.25, -0.2) is 4.39 Å². The van der Waals surface area contributed by atoms with E-state index < -0.39 is 0 Å². The molecule has 1 aromatic rings. The maximum Gasteiger partial charge on any atom is 0.130 e. The van der Waals surface area contributed by atoms with Gasteiger partial charge in [-0.15, -0.1) is 0 Å². The van der Waals surface area contributed by atoms with Crippen LogP contribution in [-0.4, -0.2) is 13.7 Å². The number of halogens is 1. The van der Waals surface area contributed by atoms with Gasteiger partial charge in [-0.05, 0) is 43.0 Å². The molecule has 1 unspecified atom stereocenters. The molecule has 1 aromatic carbocycles. The Bertz CT molecular complexity index is 411. The Balaban J connectivity index is 2.35. The second kappa shape index (κ2) is 5.70. The van der Waals surface area contributed by atoms with Gasteiger partial charge in [0.25, 0.3) is 0 Å². The third kappa shape index (κ3) is 2.66. The number of nitrogens with one attached hydrogen (secondary N) is 1. The Morgan fingerprint density at radius 3 is 2.67 bits per heavy atom. The van der Waals surface area contributed by atoms with Crippen molar-refractivity contribution in [1.82, 2.24) is 5.32 Å². The summed E-state index contributed by atoms with van der Waals surface area (Å²) < 4.78 is 19.5. The third-order valence-electron chi connectivity index (χ3n) is 3.62. The van der Waals surface area contributed by atoms with Crippen molar-refractivity contribution < 1.29 is 9.13 Å². The van der Waals surface area contributed by atoms with Gasteiger partial charge in [-0.3, -0.25) is 0 Å². The van der Waals surface area contributed by atoms with Crippen molar-refractivity contribution in [2.45, 2.75) is 45.1 Å². The van der Waals surface area contributed by atoms with Crippen molar-refractivity contribution in [2.75, 3.05) is 13.7 Å². The Morgan fingerprint density at radius 2 is 2.11 bits per heavy atom. The summed E-state index contributed by atoms with van der Waals surface area (Å²) in [5.74, 6) is 0.660. The zero-order valence-corrected chi connectivity index (χ0v) is 11.4.